The third-order valence-corrected chi connectivity index (χ3v) is 4.87. The summed E-state index contributed by atoms with van der Waals surface area (Å²) in [6.07, 6.45) is 0.820. The van der Waals surface area contributed by atoms with Crippen LogP contribution in [0.4, 0.5) is 9.18 Å². The number of ether oxygens (including phenoxy) is 3. The minimum Gasteiger partial charge on any atom is -0.488 e. The normalized spacial score (nSPS) is 11.7. The first-order valence-electron chi connectivity index (χ1n) is 10.5. The number of halogens is 1. The summed E-state index contributed by atoms with van der Waals surface area (Å²) in [5, 5.41) is 1.28. The molecule has 0 bridgehead atoms. The second kappa shape index (κ2) is 8.61. The Labute approximate surface area is 189 Å². The molecule has 0 saturated carbocycles. The van der Waals surface area contributed by atoms with Crippen molar-refractivity contribution in [1.82, 2.24) is 4.57 Å². The first kappa shape index (κ1) is 22.4. The molecule has 0 amide bonds. The van der Waals surface area contributed by atoms with Crippen molar-refractivity contribution in [2.45, 2.75) is 39.9 Å². The van der Waals surface area contributed by atoms with Gasteiger partial charge in [-0.2, -0.15) is 0 Å². The molecule has 0 spiro atoms. The lowest BCUT2D eigenvalue weighted by atomic mass is 10.2. The van der Waals surface area contributed by atoms with E-state index in [1.807, 2.05) is 0 Å². The Hall–Kier alpha value is -3.81. The smallest absolute Gasteiger partial charge is 0.419 e. The number of aromatic nitrogens is 1. The lowest BCUT2D eigenvalue weighted by Crippen LogP contribution is -2.29. The molecule has 0 aliphatic heterocycles. The molecule has 7 nitrogen and oxygen atoms in total. The van der Waals surface area contributed by atoms with Crippen LogP contribution >= 0.6 is 0 Å². The van der Waals surface area contributed by atoms with Gasteiger partial charge in [-0.3, -0.25) is 0 Å². The summed E-state index contributed by atoms with van der Waals surface area (Å²) in [5.74, 6) is -0.575. The van der Waals surface area contributed by atoms with E-state index >= 15 is 0 Å². The lowest BCUT2D eigenvalue weighted by Gasteiger charge is -2.20. The van der Waals surface area contributed by atoms with Crippen molar-refractivity contribution in [1.29, 1.82) is 0 Å². The first-order chi connectivity index (χ1) is 15.7. The second-order valence-electron chi connectivity index (χ2n) is 8.44. The number of furan rings is 1. The van der Waals surface area contributed by atoms with Crippen molar-refractivity contribution in [3.63, 3.8) is 0 Å². The molecule has 0 aliphatic carbocycles. The zero-order valence-corrected chi connectivity index (χ0v) is 18.8. The number of hydrogen-bond donors (Lipinski definition) is 0. The molecular weight excluding hydrogens is 429 g/mol. The van der Waals surface area contributed by atoms with Gasteiger partial charge >= 0.3 is 12.1 Å². The molecule has 8 heteroatoms. The van der Waals surface area contributed by atoms with Crippen LogP contribution in [0.2, 0.25) is 0 Å². The van der Waals surface area contributed by atoms with Crippen molar-refractivity contribution >= 4 is 33.9 Å². The minimum absolute atomic E-state index is 0.0430. The van der Waals surface area contributed by atoms with Crippen LogP contribution in [0.5, 0.6) is 5.75 Å². The summed E-state index contributed by atoms with van der Waals surface area (Å²) < 4.78 is 36.7. The maximum absolute atomic E-state index is 13.4. The zero-order valence-electron chi connectivity index (χ0n) is 18.8. The van der Waals surface area contributed by atoms with Crippen LogP contribution < -0.4 is 4.74 Å². The van der Waals surface area contributed by atoms with E-state index in [0.717, 1.165) is 10.9 Å². The minimum atomic E-state index is -0.754. The average molecular weight is 453 g/mol. The van der Waals surface area contributed by atoms with Gasteiger partial charge in [0.25, 0.3) is 0 Å². The number of rotatable bonds is 5. The fraction of sp³-hybridized carbons (Fsp3) is 0.280. The van der Waals surface area contributed by atoms with Crippen LogP contribution in [-0.4, -0.2) is 28.8 Å². The quantitative estimate of drug-likeness (QED) is 0.342. The summed E-state index contributed by atoms with van der Waals surface area (Å²) in [6, 6.07) is 11.0. The van der Waals surface area contributed by atoms with E-state index in [1.165, 1.54) is 23.0 Å². The summed E-state index contributed by atoms with van der Waals surface area (Å²) >= 11 is 0. The summed E-state index contributed by atoms with van der Waals surface area (Å²) in [6.45, 7) is 7.23. The molecule has 4 aromatic rings. The molecule has 2 heterocycles. The summed E-state index contributed by atoms with van der Waals surface area (Å²) in [5.41, 5.74) is 0.896. The fourth-order valence-electron chi connectivity index (χ4n) is 3.51. The molecule has 4 rings (SSSR count). The molecule has 0 fully saturated rings. The molecule has 0 saturated heterocycles. The van der Waals surface area contributed by atoms with E-state index in [0.29, 0.717) is 22.2 Å². The lowest BCUT2D eigenvalue weighted by molar-refractivity contribution is 0.0454. The van der Waals surface area contributed by atoms with Crippen molar-refractivity contribution in [2.75, 3.05) is 6.61 Å². The Morgan fingerprint density at radius 3 is 2.61 bits per heavy atom. The predicted molar refractivity (Wildman–Crippen MR) is 120 cm³/mol. The number of carbonyl (C=O) groups excluding carboxylic acids is 2. The van der Waals surface area contributed by atoms with Gasteiger partial charge in [0.1, 0.15) is 35.1 Å². The molecule has 2 aromatic heterocycles. The Morgan fingerprint density at radius 1 is 1.09 bits per heavy atom. The molecule has 0 atom stereocenters. The van der Waals surface area contributed by atoms with Gasteiger partial charge in [0.05, 0.1) is 18.4 Å². The summed E-state index contributed by atoms with van der Waals surface area (Å²) in [7, 11) is 0. The SMILES string of the molecule is CCOC(=O)c1cc2c(OCc3coc4cc(F)ccc34)cccc2n1C(=O)OC(C)(C)C. The monoisotopic (exact) mass is 453 g/mol. The van der Waals surface area contributed by atoms with Crippen molar-refractivity contribution in [2.24, 2.45) is 0 Å². The van der Waals surface area contributed by atoms with Crippen LogP contribution in [0.25, 0.3) is 21.9 Å². The van der Waals surface area contributed by atoms with Gasteiger partial charge in [0.15, 0.2) is 0 Å². The first-order valence-corrected chi connectivity index (χ1v) is 10.5. The molecule has 0 N–H and O–H groups in total. The molecule has 0 radical (unpaired) electrons. The van der Waals surface area contributed by atoms with Crippen LogP contribution in [-0.2, 0) is 16.1 Å². The second-order valence-corrected chi connectivity index (χ2v) is 8.44. The number of benzene rings is 2. The fourth-order valence-corrected chi connectivity index (χ4v) is 3.51. The van der Waals surface area contributed by atoms with Crippen LogP contribution in [0.3, 0.4) is 0 Å². The van der Waals surface area contributed by atoms with E-state index in [2.05, 4.69) is 0 Å². The highest BCUT2D eigenvalue weighted by molar-refractivity contribution is 6.03. The highest BCUT2D eigenvalue weighted by Gasteiger charge is 2.27. The van der Waals surface area contributed by atoms with Gasteiger partial charge in [0, 0.05) is 22.4 Å². The third kappa shape index (κ3) is 4.55. The van der Waals surface area contributed by atoms with E-state index in [9.17, 15) is 14.0 Å². The number of nitrogens with zero attached hydrogens (tertiary/aromatic N) is 1. The van der Waals surface area contributed by atoms with Crippen molar-refractivity contribution < 1.29 is 32.6 Å². The number of carbonyl (C=O) groups is 2. The molecule has 33 heavy (non-hydrogen) atoms. The largest absolute Gasteiger partial charge is 0.488 e. The Morgan fingerprint density at radius 2 is 1.88 bits per heavy atom. The van der Waals surface area contributed by atoms with Gasteiger partial charge < -0.3 is 18.6 Å². The standard InChI is InChI=1S/C25H24FNO6/c1-5-30-23(28)20-12-18-19(27(20)24(29)33-25(2,3)4)7-6-8-21(18)31-13-15-14-32-22-11-16(26)9-10-17(15)22/h6-12,14H,5,13H2,1-4H3. The maximum Gasteiger partial charge on any atom is 0.419 e. The van der Waals surface area contributed by atoms with Crippen LogP contribution in [0, 0.1) is 5.82 Å². The average Bonchev–Trinajstić information content (AvgIpc) is 3.32. The van der Waals surface area contributed by atoms with E-state index in [1.54, 1.807) is 58.0 Å². The van der Waals surface area contributed by atoms with Gasteiger partial charge in [-0.15, -0.1) is 0 Å². The van der Waals surface area contributed by atoms with E-state index in [-0.39, 0.29) is 24.7 Å². The maximum atomic E-state index is 13.4. The molecule has 0 aliphatic rings. The van der Waals surface area contributed by atoms with Gasteiger partial charge in [-0.1, -0.05) is 6.07 Å². The van der Waals surface area contributed by atoms with Crippen molar-refractivity contribution in [3.05, 3.63) is 65.8 Å². The van der Waals surface area contributed by atoms with Crippen LogP contribution in [0.1, 0.15) is 43.7 Å². The molecular formula is C25H24FNO6. The Balaban J connectivity index is 1.72. The number of esters is 1. The van der Waals surface area contributed by atoms with Crippen molar-refractivity contribution in [3.8, 4) is 5.75 Å². The van der Waals surface area contributed by atoms with E-state index in [4.69, 9.17) is 18.6 Å². The summed E-state index contributed by atoms with van der Waals surface area (Å²) in [4.78, 5) is 25.5. The highest BCUT2D eigenvalue weighted by atomic mass is 19.1. The number of hydrogen-bond acceptors (Lipinski definition) is 6. The van der Waals surface area contributed by atoms with Gasteiger partial charge in [0.2, 0.25) is 0 Å². The highest BCUT2D eigenvalue weighted by Crippen LogP contribution is 2.32. The zero-order chi connectivity index (χ0) is 23.8. The Kier molecular flexibility index (Phi) is 5.84. The molecule has 0 unspecified atom stereocenters. The van der Waals surface area contributed by atoms with Gasteiger partial charge in [-0.05, 0) is 58.0 Å². The molecule has 172 valence electrons. The number of fused-ring (bicyclic) bond motifs is 2. The van der Waals surface area contributed by atoms with Gasteiger partial charge in [-0.25, -0.2) is 18.5 Å². The van der Waals surface area contributed by atoms with Crippen LogP contribution in [0.15, 0.2) is 53.1 Å². The Bertz CT molecular complexity index is 1340. The molecule has 2 aromatic carbocycles. The topological polar surface area (TPSA) is 79.9 Å². The third-order valence-electron chi connectivity index (χ3n) is 4.87. The predicted octanol–water partition coefficient (Wildman–Crippen LogP) is 6.07. The van der Waals surface area contributed by atoms with E-state index < -0.39 is 17.7 Å².